The van der Waals surface area contributed by atoms with E-state index in [1.54, 1.807) is 0 Å². The minimum absolute atomic E-state index is 0.0244. The molecule has 10 heteroatoms. The molecule has 170 valence electrons. The maximum absolute atomic E-state index is 11.8. The number of benzene rings is 1. The Morgan fingerprint density at radius 2 is 1.22 bits per heavy atom. The van der Waals surface area contributed by atoms with Gasteiger partial charge in [0.15, 0.2) is 0 Å². The van der Waals surface area contributed by atoms with Crippen molar-refractivity contribution in [3.8, 4) is 0 Å². The number of hydrogen-bond donors (Lipinski definition) is 2. The van der Waals surface area contributed by atoms with Crippen molar-refractivity contribution in [3.05, 3.63) is 72.9 Å². The summed E-state index contributed by atoms with van der Waals surface area (Å²) in [5.41, 5.74) is -2.43. The minimum atomic E-state index is -1.51. The molecular formula is C22H22O10. The molecule has 0 aliphatic heterocycles. The number of ether oxygens (including phenoxy) is 3. The number of carboxylic acid groups (broad SMARTS) is 2. The van der Waals surface area contributed by atoms with Crippen molar-refractivity contribution in [3.63, 3.8) is 0 Å². The molecule has 0 heterocycles. The highest BCUT2D eigenvalue weighted by Gasteiger charge is 2.37. The molecule has 0 fully saturated rings. The molecule has 0 aliphatic rings. The normalized spacial score (nSPS) is 10.4. The Morgan fingerprint density at radius 3 is 1.56 bits per heavy atom. The number of carboxylic acids is 2. The van der Waals surface area contributed by atoms with E-state index in [4.69, 9.17) is 14.2 Å². The third-order valence-corrected chi connectivity index (χ3v) is 4.22. The number of carbonyl (C=O) groups excluding carboxylic acids is 3. The minimum Gasteiger partial charge on any atom is -0.478 e. The van der Waals surface area contributed by atoms with Crippen molar-refractivity contribution in [2.24, 2.45) is 5.41 Å². The standard InChI is InChI=1S/C22H22O10/c1-4-16(23)30-11-22(12-31-17(24)5-2,13-32-18(25)6-3)10-14-8-7-9-15(20(26)27)19(14)21(28)29/h4-9H,1-3,10-13H2,(H,26,27)(H,28,29). The van der Waals surface area contributed by atoms with E-state index in [9.17, 15) is 34.2 Å². The Kier molecular flexibility index (Phi) is 9.56. The van der Waals surface area contributed by atoms with E-state index in [0.29, 0.717) is 0 Å². The molecule has 0 saturated heterocycles. The average Bonchev–Trinajstić information content (AvgIpc) is 2.78. The molecule has 0 saturated carbocycles. The Labute approximate surface area is 183 Å². The van der Waals surface area contributed by atoms with Gasteiger partial charge in [0, 0.05) is 18.2 Å². The lowest BCUT2D eigenvalue weighted by Crippen LogP contribution is -2.41. The molecule has 1 rings (SSSR count). The second kappa shape index (κ2) is 11.8. The molecule has 0 spiro atoms. The summed E-state index contributed by atoms with van der Waals surface area (Å²) in [6.45, 7) is 8.37. The molecule has 0 amide bonds. The molecular weight excluding hydrogens is 424 g/mol. The Balaban J connectivity index is 3.53. The third kappa shape index (κ3) is 7.24. The summed E-state index contributed by atoms with van der Waals surface area (Å²) in [6, 6.07) is 3.80. The third-order valence-electron chi connectivity index (χ3n) is 4.22. The molecule has 0 radical (unpaired) electrons. The average molecular weight is 446 g/mol. The van der Waals surface area contributed by atoms with E-state index in [-0.39, 0.29) is 12.0 Å². The van der Waals surface area contributed by atoms with Gasteiger partial charge in [0.1, 0.15) is 19.8 Å². The first-order chi connectivity index (χ1) is 15.1. The Hall–Kier alpha value is -4.21. The number of rotatable bonds is 13. The van der Waals surface area contributed by atoms with Gasteiger partial charge >= 0.3 is 29.8 Å². The number of carbonyl (C=O) groups is 5. The van der Waals surface area contributed by atoms with E-state index in [0.717, 1.165) is 24.3 Å². The lowest BCUT2D eigenvalue weighted by molar-refractivity contribution is -0.155. The molecule has 1 aromatic carbocycles. The highest BCUT2D eigenvalue weighted by molar-refractivity contribution is 6.02. The molecule has 32 heavy (non-hydrogen) atoms. The van der Waals surface area contributed by atoms with Crippen LogP contribution in [0.1, 0.15) is 26.3 Å². The predicted molar refractivity (Wildman–Crippen MR) is 110 cm³/mol. The van der Waals surface area contributed by atoms with Crippen molar-refractivity contribution in [2.45, 2.75) is 6.42 Å². The summed E-state index contributed by atoms with van der Waals surface area (Å²) in [4.78, 5) is 58.3. The van der Waals surface area contributed by atoms with Crippen LogP contribution in [0, 0.1) is 5.41 Å². The lowest BCUT2D eigenvalue weighted by atomic mass is 9.81. The summed E-state index contributed by atoms with van der Waals surface area (Å²) < 4.78 is 15.3. The van der Waals surface area contributed by atoms with E-state index < -0.39 is 66.2 Å². The maximum Gasteiger partial charge on any atom is 0.336 e. The summed E-state index contributed by atoms with van der Waals surface area (Å²) >= 11 is 0. The zero-order valence-electron chi connectivity index (χ0n) is 17.1. The fourth-order valence-electron chi connectivity index (χ4n) is 2.71. The molecule has 0 bridgehead atoms. The first kappa shape index (κ1) is 25.8. The van der Waals surface area contributed by atoms with Gasteiger partial charge in [-0.2, -0.15) is 0 Å². The van der Waals surface area contributed by atoms with Crippen LogP contribution in [0.15, 0.2) is 56.2 Å². The van der Waals surface area contributed by atoms with Crippen LogP contribution in [0.2, 0.25) is 0 Å². The number of hydrogen-bond acceptors (Lipinski definition) is 8. The van der Waals surface area contributed by atoms with Gasteiger partial charge in [0.25, 0.3) is 0 Å². The van der Waals surface area contributed by atoms with Gasteiger partial charge in [0.05, 0.1) is 16.5 Å². The van der Waals surface area contributed by atoms with E-state index in [1.165, 1.54) is 12.1 Å². The first-order valence-electron chi connectivity index (χ1n) is 9.05. The summed E-state index contributed by atoms with van der Waals surface area (Å²) in [5.74, 6) is -5.49. The van der Waals surface area contributed by atoms with Crippen molar-refractivity contribution in [2.75, 3.05) is 19.8 Å². The van der Waals surface area contributed by atoms with Crippen LogP contribution in [0.25, 0.3) is 0 Å². The molecule has 0 aliphatic carbocycles. The van der Waals surface area contributed by atoms with Crippen LogP contribution in [0.3, 0.4) is 0 Å². The lowest BCUT2D eigenvalue weighted by Gasteiger charge is -2.32. The molecule has 2 N–H and O–H groups in total. The quantitative estimate of drug-likeness (QED) is 0.260. The van der Waals surface area contributed by atoms with Crippen molar-refractivity contribution >= 4 is 29.8 Å². The molecule has 0 atom stereocenters. The number of aromatic carboxylic acids is 2. The fraction of sp³-hybridized carbons (Fsp3) is 0.227. The van der Waals surface area contributed by atoms with Crippen LogP contribution >= 0.6 is 0 Å². The van der Waals surface area contributed by atoms with Crippen LogP contribution in [0.4, 0.5) is 0 Å². The highest BCUT2D eigenvalue weighted by atomic mass is 16.6. The van der Waals surface area contributed by atoms with E-state index in [1.807, 2.05) is 0 Å². The SMILES string of the molecule is C=CC(=O)OCC(COC(=O)C=C)(COC(=O)C=C)Cc1cccc(C(=O)O)c1C(=O)O. The zero-order chi connectivity index (χ0) is 24.3. The zero-order valence-corrected chi connectivity index (χ0v) is 17.1. The smallest absolute Gasteiger partial charge is 0.336 e. The largest absolute Gasteiger partial charge is 0.478 e. The van der Waals surface area contributed by atoms with E-state index >= 15 is 0 Å². The van der Waals surface area contributed by atoms with Crippen LogP contribution in [-0.2, 0) is 35.0 Å². The fourth-order valence-corrected chi connectivity index (χ4v) is 2.71. The van der Waals surface area contributed by atoms with Crippen molar-refractivity contribution < 1.29 is 48.4 Å². The van der Waals surface area contributed by atoms with Crippen molar-refractivity contribution in [1.29, 1.82) is 0 Å². The second-order valence-electron chi connectivity index (χ2n) is 6.56. The van der Waals surface area contributed by atoms with Gasteiger partial charge in [-0.1, -0.05) is 31.9 Å². The Morgan fingerprint density at radius 1 is 0.781 bits per heavy atom. The topological polar surface area (TPSA) is 154 Å². The Bertz CT molecular complexity index is 884. The van der Waals surface area contributed by atoms with Crippen LogP contribution < -0.4 is 0 Å². The summed E-state index contributed by atoms with van der Waals surface area (Å²) in [5, 5.41) is 19.0. The summed E-state index contributed by atoms with van der Waals surface area (Å²) in [6.07, 6.45) is 2.34. The van der Waals surface area contributed by atoms with Gasteiger partial charge in [-0.15, -0.1) is 0 Å². The predicted octanol–water partition coefficient (Wildman–Crippen LogP) is 1.80. The van der Waals surface area contributed by atoms with Gasteiger partial charge in [-0.25, -0.2) is 24.0 Å². The van der Waals surface area contributed by atoms with Crippen LogP contribution in [0.5, 0.6) is 0 Å². The highest BCUT2D eigenvalue weighted by Crippen LogP contribution is 2.29. The van der Waals surface area contributed by atoms with Crippen molar-refractivity contribution in [1.82, 2.24) is 0 Å². The van der Waals surface area contributed by atoms with Gasteiger partial charge in [-0.05, 0) is 18.1 Å². The van der Waals surface area contributed by atoms with E-state index in [2.05, 4.69) is 19.7 Å². The summed E-state index contributed by atoms with van der Waals surface area (Å²) in [7, 11) is 0. The molecule has 10 nitrogen and oxygen atoms in total. The number of esters is 3. The molecule has 0 unspecified atom stereocenters. The maximum atomic E-state index is 11.8. The molecule has 0 aromatic heterocycles. The van der Waals surface area contributed by atoms with Gasteiger partial charge < -0.3 is 24.4 Å². The van der Waals surface area contributed by atoms with Gasteiger partial charge in [0.2, 0.25) is 0 Å². The first-order valence-corrected chi connectivity index (χ1v) is 9.05. The van der Waals surface area contributed by atoms with Gasteiger partial charge in [-0.3, -0.25) is 0 Å². The van der Waals surface area contributed by atoms with Crippen LogP contribution in [-0.4, -0.2) is 59.9 Å². The molecule has 1 aromatic rings. The monoisotopic (exact) mass is 446 g/mol. The second-order valence-corrected chi connectivity index (χ2v) is 6.56.